The maximum atomic E-state index is 13.4. The van der Waals surface area contributed by atoms with Crippen LogP contribution in [0.1, 0.15) is 26.7 Å². The molecule has 0 radical (unpaired) electrons. The van der Waals surface area contributed by atoms with Crippen molar-refractivity contribution in [3.8, 4) is 0 Å². The van der Waals surface area contributed by atoms with Crippen LogP contribution in [0.15, 0.2) is 34.0 Å². The highest BCUT2D eigenvalue weighted by molar-refractivity contribution is 5.92. The zero-order chi connectivity index (χ0) is 21.8. The number of likely N-dealkylation sites (tertiary alicyclic amines) is 1. The summed E-state index contributed by atoms with van der Waals surface area (Å²) in [5.74, 6) is -1.52. The van der Waals surface area contributed by atoms with Crippen molar-refractivity contribution in [2.75, 3.05) is 27.2 Å². The summed E-state index contributed by atoms with van der Waals surface area (Å²) in [6.07, 6.45) is 3.66. The number of allylic oxidation sites excluding steroid dienone is 1. The van der Waals surface area contributed by atoms with Gasteiger partial charge in [-0.15, -0.1) is 0 Å². The molecule has 0 aromatic rings. The Balaban J connectivity index is 2.24. The molecule has 0 aromatic heterocycles. The first-order valence-corrected chi connectivity index (χ1v) is 9.40. The molecule has 1 fully saturated rings. The predicted octanol–water partition coefficient (Wildman–Crippen LogP) is 2.67. The highest BCUT2D eigenvalue weighted by Crippen LogP contribution is 2.31. The number of halogens is 3. The van der Waals surface area contributed by atoms with Gasteiger partial charge < -0.3 is 19.8 Å². The van der Waals surface area contributed by atoms with Crippen LogP contribution in [0, 0.1) is 11.3 Å². The van der Waals surface area contributed by atoms with E-state index in [0.29, 0.717) is 12.2 Å². The molecule has 0 bridgehead atoms. The van der Waals surface area contributed by atoms with E-state index in [2.05, 4.69) is 9.98 Å². The highest BCUT2D eigenvalue weighted by atomic mass is 19.4. The number of nitrogens with one attached hydrogen (secondary N) is 1. The lowest BCUT2D eigenvalue weighted by Crippen LogP contribution is -2.57. The molecule has 0 saturated carbocycles. The minimum absolute atomic E-state index is 0.0912. The minimum Gasteiger partial charge on any atom is -0.388 e. The Morgan fingerprint density at radius 3 is 2.59 bits per heavy atom. The molecule has 2 rings (SSSR count). The summed E-state index contributed by atoms with van der Waals surface area (Å²) in [6, 6.07) is -0.0912. The van der Waals surface area contributed by atoms with Gasteiger partial charge in [0.25, 0.3) is 0 Å². The molecule has 2 aliphatic heterocycles. The summed E-state index contributed by atoms with van der Waals surface area (Å²) in [4.78, 5) is 13.0. The topological polar surface area (TPSA) is 78.5 Å². The molecule has 0 aromatic carbocycles. The van der Waals surface area contributed by atoms with Gasteiger partial charge in [-0.2, -0.15) is 13.2 Å². The molecule has 7 nitrogen and oxygen atoms in total. The standard InChI is InChI=1S/C19H29F3N6O/c1-18(2,29)16-7-9-28(16)13-25-17(24-12-23)27(4)15-6-5-8-26(3)11-14(10-15)19(20,21)22/h5,8,10,12-14,16,23,29H,6-7,9,11H2,1-4H3/b8-5?,15-10+,23-12?,24-17+,25-13+. The number of aliphatic hydroxyl groups is 1. The van der Waals surface area contributed by atoms with Crippen molar-refractivity contribution in [1.29, 1.82) is 5.41 Å². The SMILES string of the molecule is CN1C=CC/C(N(C)C(=N/C=N)/N=C/N2CCC2C(C)(C)O)=C\C(C(F)(F)F)C1. The first-order chi connectivity index (χ1) is 13.4. The molecule has 1 saturated heterocycles. The molecular formula is C19H29F3N6O. The van der Waals surface area contributed by atoms with Crippen LogP contribution in [0.5, 0.6) is 0 Å². The number of alkyl halides is 3. The van der Waals surface area contributed by atoms with Crippen molar-refractivity contribution in [3.63, 3.8) is 0 Å². The van der Waals surface area contributed by atoms with Crippen LogP contribution < -0.4 is 0 Å². The Hall–Kier alpha value is -2.36. The van der Waals surface area contributed by atoms with E-state index in [4.69, 9.17) is 5.41 Å². The average Bonchev–Trinajstić information content (AvgIpc) is 2.52. The molecule has 0 spiro atoms. The van der Waals surface area contributed by atoms with Crippen molar-refractivity contribution in [2.45, 2.75) is 44.5 Å². The number of hydrogen-bond donors (Lipinski definition) is 2. The monoisotopic (exact) mass is 414 g/mol. The van der Waals surface area contributed by atoms with E-state index < -0.39 is 17.7 Å². The largest absolute Gasteiger partial charge is 0.396 e. The van der Waals surface area contributed by atoms with Gasteiger partial charge in [0.2, 0.25) is 5.96 Å². The molecule has 2 aliphatic rings. The normalized spacial score (nSPS) is 25.9. The van der Waals surface area contributed by atoms with E-state index in [1.807, 2.05) is 4.90 Å². The molecule has 29 heavy (non-hydrogen) atoms. The molecule has 2 heterocycles. The fraction of sp³-hybridized carbons (Fsp3) is 0.632. The predicted molar refractivity (Wildman–Crippen MR) is 108 cm³/mol. The molecule has 10 heteroatoms. The first kappa shape index (κ1) is 22.9. The van der Waals surface area contributed by atoms with Crippen LogP contribution in [0.2, 0.25) is 0 Å². The second-order valence-electron chi connectivity index (χ2n) is 7.89. The second-order valence-corrected chi connectivity index (χ2v) is 7.89. The molecule has 2 atom stereocenters. The fourth-order valence-electron chi connectivity index (χ4n) is 3.35. The Kier molecular flexibility index (Phi) is 7.10. The Morgan fingerprint density at radius 2 is 2.07 bits per heavy atom. The van der Waals surface area contributed by atoms with Crippen LogP contribution in [0.4, 0.5) is 13.2 Å². The van der Waals surface area contributed by atoms with Gasteiger partial charge in [-0.05, 0) is 26.5 Å². The quantitative estimate of drug-likeness (QED) is 0.548. The summed E-state index contributed by atoms with van der Waals surface area (Å²) in [7, 11) is 3.19. The van der Waals surface area contributed by atoms with Crippen molar-refractivity contribution in [1.82, 2.24) is 14.7 Å². The van der Waals surface area contributed by atoms with Gasteiger partial charge in [0.15, 0.2) is 0 Å². The molecule has 2 N–H and O–H groups in total. The number of aliphatic imine (C=N–C) groups is 2. The number of hydrogen-bond acceptors (Lipinski definition) is 3. The Morgan fingerprint density at radius 1 is 1.38 bits per heavy atom. The molecular weight excluding hydrogens is 385 g/mol. The highest BCUT2D eigenvalue weighted by Gasteiger charge is 2.40. The summed E-state index contributed by atoms with van der Waals surface area (Å²) >= 11 is 0. The summed E-state index contributed by atoms with van der Waals surface area (Å²) in [6.45, 7) is 3.97. The van der Waals surface area contributed by atoms with Gasteiger partial charge in [-0.1, -0.05) is 12.2 Å². The zero-order valence-electron chi connectivity index (χ0n) is 17.2. The van der Waals surface area contributed by atoms with Crippen molar-refractivity contribution in [3.05, 3.63) is 24.0 Å². The van der Waals surface area contributed by atoms with E-state index in [1.165, 1.54) is 22.2 Å². The Labute approximate surface area is 169 Å². The van der Waals surface area contributed by atoms with Gasteiger partial charge in [-0.25, -0.2) is 9.98 Å². The van der Waals surface area contributed by atoms with Crippen molar-refractivity contribution >= 4 is 18.6 Å². The van der Waals surface area contributed by atoms with E-state index >= 15 is 0 Å². The van der Waals surface area contributed by atoms with Gasteiger partial charge in [0, 0.05) is 39.3 Å². The molecule has 162 valence electrons. The lowest BCUT2D eigenvalue weighted by atomic mass is 9.89. The minimum atomic E-state index is -4.37. The van der Waals surface area contributed by atoms with Crippen LogP contribution in [-0.4, -0.2) is 83.4 Å². The fourth-order valence-corrected chi connectivity index (χ4v) is 3.35. The van der Waals surface area contributed by atoms with Gasteiger partial charge >= 0.3 is 6.18 Å². The summed E-state index contributed by atoms with van der Waals surface area (Å²) < 4.78 is 40.3. The van der Waals surface area contributed by atoms with E-state index in [1.54, 1.807) is 40.2 Å². The van der Waals surface area contributed by atoms with E-state index in [9.17, 15) is 18.3 Å². The van der Waals surface area contributed by atoms with Gasteiger partial charge in [0.05, 0.1) is 23.9 Å². The molecule has 0 amide bonds. The lowest BCUT2D eigenvalue weighted by Gasteiger charge is -2.46. The zero-order valence-corrected chi connectivity index (χ0v) is 17.2. The van der Waals surface area contributed by atoms with Crippen molar-refractivity contribution < 1.29 is 18.3 Å². The van der Waals surface area contributed by atoms with Crippen LogP contribution in [0.25, 0.3) is 0 Å². The lowest BCUT2D eigenvalue weighted by molar-refractivity contribution is -0.163. The van der Waals surface area contributed by atoms with E-state index in [0.717, 1.165) is 12.8 Å². The van der Waals surface area contributed by atoms with E-state index in [-0.39, 0.29) is 25.0 Å². The van der Waals surface area contributed by atoms with Crippen LogP contribution in [-0.2, 0) is 0 Å². The maximum absolute atomic E-state index is 13.4. The molecule has 2 unspecified atom stereocenters. The second kappa shape index (κ2) is 8.98. The van der Waals surface area contributed by atoms with Crippen LogP contribution in [0.3, 0.4) is 0 Å². The van der Waals surface area contributed by atoms with Crippen LogP contribution >= 0.6 is 0 Å². The third-order valence-corrected chi connectivity index (χ3v) is 5.09. The van der Waals surface area contributed by atoms with Gasteiger partial charge in [-0.3, -0.25) is 5.41 Å². The maximum Gasteiger partial charge on any atom is 0.396 e. The number of rotatable bonds is 4. The third-order valence-electron chi connectivity index (χ3n) is 5.09. The third kappa shape index (κ3) is 6.06. The van der Waals surface area contributed by atoms with Gasteiger partial charge in [0.1, 0.15) is 6.34 Å². The Bertz CT molecular complexity index is 708. The van der Waals surface area contributed by atoms with Crippen molar-refractivity contribution in [2.24, 2.45) is 15.9 Å². The summed E-state index contributed by atoms with van der Waals surface area (Å²) in [5.41, 5.74) is -0.495. The molecule has 0 aliphatic carbocycles. The number of nitrogens with zero attached hydrogens (tertiary/aromatic N) is 5. The smallest absolute Gasteiger partial charge is 0.388 e. The average molecular weight is 414 g/mol. The summed E-state index contributed by atoms with van der Waals surface area (Å²) in [5, 5.41) is 17.4. The number of guanidine groups is 1. The first-order valence-electron chi connectivity index (χ1n) is 9.40.